The molecular weight excluding hydrogens is 312 g/mol. The molecule has 0 aliphatic heterocycles. The average molecular weight is 337 g/mol. The number of esters is 1. The molecule has 128 valence electrons. The molecule has 0 radical (unpaired) electrons. The van der Waals surface area contributed by atoms with Gasteiger partial charge in [-0.15, -0.1) is 0 Å². The summed E-state index contributed by atoms with van der Waals surface area (Å²) in [5.41, 5.74) is -0.836. The second-order valence-electron chi connectivity index (χ2n) is 7.05. The summed E-state index contributed by atoms with van der Waals surface area (Å²) in [6.45, 7) is 11.0. The Morgan fingerprint density at radius 2 is 1.64 bits per heavy atom. The van der Waals surface area contributed by atoms with Crippen molar-refractivity contribution in [1.29, 1.82) is 0 Å². The van der Waals surface area contributed by atoms with Crippen molar-refractivity contribution in [1.82, 2.24) is 0 Å². The van der Waals surface area contributed by atoms with Crippen LogP contribution in [0.4, 0.5) is 0 Å². The second-order valence-corrected chi connectivity index (χ2v) is 7.40. The van der Waals surface area contributed by atoms with Crippen LogP contribution in [0.15, 0.2) is 0 Å². The van der Waals surface area contributed by atoms with Gasteiger partial charge in [-0.2, -0.15) is 4.89 Å². The second kappa shape index (κ2) is 8.48. The van der Waals surface area contributed by atoms with Crippen molar-refractivity contribution in [3.8, 4) is 0 Å². The zero-order valence-electron chi connectivity index (χ0n) is 14.0. The van der Waals surface area contributed by atoms with Crippen molar-refractivity contribution < 1.29 is 28.9 Å². The molecule has 22 heavy (non-hydrogen) atoms. The van der Waals surface area contributed by atoms with Gasteiger partial charge >= 0.3 is 17.2 Å². The van der Waals surface area contributed by atoms with Gasteiger partial charge in [0.2, 0.25) is 0 Å². The molecule has 0 bridgehead atoms. The van der Waals surface area contributed by atoms with Crippen molar-refractivity contribution in [2.24, 2.45) is 5.41 Å². The Labute approximate surface area is 136 Å². The van der Waals surface area contributed by atoms with Crippen LogP contribution in [0.3, 0.4) is 0 Å². The van der Waals surface area contributed by atoms with E-state index in [4.69, 9.17) is 26.1 Å². The van der Waals surface area contributed by atoms with Gasteiger partial charge in [-0.05, 0) is 44.2 Å². The first kappa shape index (κ1) is 20.9. The normalized spacial score (nSPS) is 13.4. The van der Waals surface area contributed by atoms with Gasteiger partial charge in [0.05, 0.1) is 0 Å². The van der Waals surface area contributed by atoms with Crippen molar-refractivity contribution >= 4 is 28.8 Å². The molecule has 0 aliphatic rings. The largest absolute Gasteiger partial charge is 0.456 e. The molecule has 7 heteroatoms. The Kier molecular flexibility index (Phi) is 8.04. The zero-order valence-corrected chi connectivity index (χ0v) is 14.8. The number of carbonyl (C=O) groups is 3. The Balaban J connectivity index is 4.21. The number of hydrogen-bond acceptors (Lipinski definition) is 6. The SMILES string of the molecule is CC(CC(C)(C)OOC(=O)CCC(C)(C)C)OC(=O)C(=O)Cl. The van der Waals surface area contributed by atoms with E-state index in [0.717, 1.165) is 0 Å². The van der Waals surface area contributed by atoms with Crippen LogP contribution in [0.2, 0.25) is 0 Å². The lowest BCUT2D eigenvalue weighted by atomic mass is 9.91. The van der Waals surface area contributed by atoms with Crippen LogP contribution < -0.4 is 0 Å². The van der Waals surface area contributed by atoms with Gasteiger partial charge in [0.25, 0.3) is 0 Å². The maximum atomic E-state index is 11.6. The highest BCUT2D eigenvalue weighted by Crippen LogP contribution is 2.22. The smallest absolute Gasteiger partial charge is 0.391 e. The molecule has 0 rings (SSSR count). The maximum Gasteiger partial charge on any atom is 0.391 e. The quantitative estimate of drug-likeness (QED) is 0.223. The van der Waals surface area contributed by atoms with E-state index in [9.17, 15) is 14.4 Å². The molecule has 1 unspecified atom stereocenters. The van der Waals surface area contributed by atoms with Crippen LogP contribution in [0.1, 0.15) is 60.8 Å². The molecule has 0 aromatic heterocycles. The molecule has 0 aliphatic carbocycles. The molecular formula is C15H25ClO6. The van der Waals surface area contributed by atoms with Crippen LogP contribution in [-0.2, 0) is 28.9 Å². The molecule has 0 fully saturated rings. The maximum absolute atomic E-state index is 11.6. The minimum absolute atomic E-state index is 0.0331. The van der Waals surface area contributed by atoms with E-state index in [0.29, 0.717) is 6.42 Å². The fourth-order valence-corrected chi connectivity index (χ4v) is 1.72. The zero-order chi connectivity index (χ0) is 17.6. The lowest BCUT2D eigenvalue weighted by Gasteiger charge is -2.26. The minimum Gasteiger partial charge on any atom is -0.456 e. The van der Waals surface area contributed by atoms with Crippen LogP contribution in [0.25, 0.3) is 0 Å². The average Bonchev–Trinajstić information content (AvgIpc) is 2.32. The van der Waals surface area contributed by atoms with E-state index in [-0.39, 0.29) is 18.3 Å². The van der Waals surface area contributed by atoms with Crippen LogP contribution in [0.5, 0.6) is 0 Å². The fraction of sp³-hybridized carbons (Fsp3) is 0.800. The Hall–Kier alpha value is -1.14. The van der Waals surface area contributed by atoms with Gasteiger partial charge in [-0.3, -0.25) is 9.68 Å². The summed E-state index contributed by atoms with van der Waals surface area (Å²) in [5, 5.41) is -1.18. The number of carbonyl (C=O) groups excluding carboxylic acids is 3. The highest BCUT2D eigenvalue weighted by Gasteiger charge is 2.28. The van der Waals surface area contributed by atoms with Crippen LogP contribution >= 0.6 is 11.6 Å². The number of halogens is 1. The van der Waals surface area contributed by atoms with E-state index in [2.05, 4.69) is 0 Å². The van der Waals surface area contributed by atoms with Crippen molar-refractivity contribution in [3.05, 3.63) is 0 Å². The van der Waals surface area contributed by atoms with Gasteiger partial charge in [-0.1, -0.05) is 20.8 Å². The third-order valence-electron chi connectivity index (χ3n) is 2.69. The Morgan fingerprint density at radius 1 is 1.09 bits per heavy atom. The van der Waals surface area contributed by atoms with Gasteiger partial charge in [0.15, 0.2) is 0 Å². The Bertz CT molecular complexity index is 411. The molecule has 0 heterocycles. The summed E-state index contributed by atoms with van der Waals surface area (Å²) in [4.78, 5) is 43.1. The van der Waals surface area contributed by atoms with Gasteiger partial charge in [0.1, 0.15) is 11.7 Å². The molecule has 0 aromatic rings. The Morgan fingerprint density at radius 3 is 2.09 bits per heavy atom. The summed E-state index contributed by atoms with van der Waals surface area (Å²) in [7, 11) is 0. The third-order valence-corrected chi connectivity index (χ3v) is 2.84. The molecule has 0 amide bonds. The monoisotopic (exact) mass is 336 g/mol. The minimum atomic E-state index is -1.18. The molecule has 0 saturated heterocycles. The highest BCUT2D eigenvalue weighted by atomic mass is 35.5. The van der Waals surface area contributed by atoms with Crippen molar-refractivity contribution in [2.75, 3.05) is 0 Å². The lowest BCUT2D eigenvalue weighted by molar-refractivity contribution is -0.329. The van der Waals surface area contributed by atoms with Gasteiger partial charge in [-0.25, -0.2) is 9.59 Å². The number of ether oxygens (including phenoxy) is 1. The first-order chi connectivity index (χ1) is 9.82. The van der Waals surface area contributed by atoms with E-state index in [1.54, 1.807) is 20.8 Å². The molecule has 0 N–H and O–H groups in total. The van der Waals surface area contributed by atoms with E-state index < -0.39 is 28.9 Å². The lowest BCUT2D eigenvalue weighted by Crippen LogP contribution is -2.33. The number of rotatable bonds is 8. The highest BCUT2D eigenvalue weighted by molar-refractivity contribution is 6.80. The molecule has 0 aromatic carbocycles. The predicted molar refractivity (Wildman–Crippen MR) is 81.0 cm³/mol. The van der Waals surface area contributed by atoms with Gasteiger partial charge < -0.3 is 4.74 Å². The summed E-state index contributed by atoms with van der Waals surface area (Å²) < 4.78 is 4.81. The molecule has 1 atom stereocenters. The summed E-state index contributed by atoms with van der Waals surface area (Å²) in [6, 6.07) is 0. The van der Waals surface area contributed by atoms with Crippen LogP contribution in [-0.4, -0.2) is 28.9 Å². The van der Waals surface area contributed by atoms with Gasteiger partial charge in [0, 0.05) is 12.8 Å². The molecule has 6 nitrogen and oxygen atoms in total. The topological polar surface area (TPSA) is 78.9 Å². The van der Waals surface area contributed by atoms with E-state index in [1.807, 2.05) is 20.8 Å². The summed E-state index contributed by atoms with van der Waals surface area (Å²) in [6.07, 6.45) is 0.556. The van der Waals surface area contributed by atoms with E-state index >= 15 is 0 Å². The predicted octanol–water partition coefficient (Wildman–Crippen LogP) is 3.15. The molecule has 0 saturated carbocycles. The summed E-state index contributed by atoms with van der Waals surface area (Å²) in [5.74, 6) is -1.57. The first-order valence-electron chi connectivity index (χ1n) is 7.11. The van der Waals surface area contributed by atoms with Crippen molar-refractivity contribution in [2.45, 2.75) is 72.5 Å². The van der Waals surface area contributed by atoms with Crippen LogP contribution in [0, 0.1) is 5.41 Å². The fourth-order valence-electron chi connectivity index (χ4n) is 1.68. The third kappa shape index (κ3) is 10.6. The van der Waals surface area contributed by atoms with E-state index in [1.165, 1.54) is 0 Å². The number of hydrogen-bond donors (Lipinski definition) is 0. The molecule has 0 spiro atoms. The standard InChI is InChI=1S/C15H25ClO6/c1-10(20-13(19)12(16)18)9-15(5,6)22-21-11(17)7-8-14(2,3)4/h10H,7-9H2,1-6H3. The summed E-state index contributed by atoms with van der Waals surface area (Å²) >= 11 is 5.00. The van der Waals surface area contributed by atoms with Crippen molar-refractivity contribution in [3.63, 3.8) is 0 Å². The first-order valence-corrected chi connectivity index (χ1v) is 7.49.